The second-order valence-electron chi connectivity index (χ2n) is 9.44. The molecule has 6 rings (SSSR count). The van der Waals surface area contributed by atoms with Gasteiger partial charge in [-0.15, -0.1) is 10.2 Å². The topological polar surface area (TPSA) is 86.9 Å². The fraction of sp³-hybridized carbons (Fsp3) is 0.222. The number of nitrogens with zero attached hydrogens (tertiary/aromatic N) is 7. The lowest BCUT2D eigenvalue weighted by Crippen LogP contribution is -2.46. The summed E-state index contributed by atoms with van der Waals surface area (Å²) in [6, 6.07) is 20.8. The highest BCUT2D eigenvalue weighted by Crippen LogP contribution is 2.33. The first-order chi connectivity index (χ1) is 18.3. The Balaban J connectivity index is 1.32. The summed E-state index contributed by atoms with van der Waals surface area (Å²) in [5, 5.41) is 9.68. The summed E-state index contributed by atoms with van der Waals surface area (Å²) in [5.74, 6) is 1.21. The summed E-state index contributed by atoms with van der Waals surface area (Å²) in [5.41, 5.74) is 3.68. The average Bonchev–Trinajstić information content (AvgIpc) is 3.42. The number of aromatic nitrogens is 4. The third-order valence-corrected chi connectivity index (χ3v) is 9.18. The van der Waals surface area contributed by atoms with Crippen molar-refractivity contribution in [3.63, 3.8) is 0 Å². The second-order valence-corrected chi connectivity index (χ2v) is 11.8. The van der Waals surface area contributed by atoms with Gasteiger partial charge in [0.05, 0.1) is 10.4 Å². The predicted molar refractivity (Wildman–Crippen MR) is 149 cm³/mol. The maximum Gasteiger partial charge on any atom is 0.257 e. The van der Waals surface area contributed by atoms with E-state index in [0.717, 1.165) is 46.6 Å². The van der Waals surface area contributed by atoms with E-state index in [1.807, 2.05) is 71.9 Å². The molecule has 11 heteroatoms. The van der Waals surface area contributed by atoms with E-state index < -0.39 is 10.0 Å². The van der Waals surface area contributed by atoms with Crippen LogP contribution in [0.1, 0.15) is 0 Å². The van der Waals surface area contributed by atoms with Crippen molar-refractivity contribution in [2.75, 3.05) is 45.2 Å². The molecule has 3 heterocycles. The summed E-state index contributed by atoms with van der Waals surface area (Å²) in [6.07, 6.45) is 1.62. The molecule has 0 unspecified atom stereocenters. The molecule has 0 aliphatic carbocycles. The van der Waals surface area contributed by atoms with Crippen LogP contribution in [0.3, 0.4) is 0 Å². The van der Waals surface area contributed by atoms with E-state index in [0.29, 0.717) is 28.8 Å². The van der Waals surface area contributed by atoms with Crippen molar-refractivity contribution in [2.45, 2.75) is 4.90 Å². The van der Waals surface area contributed by atoms with E-state index in [2.05, 4.69) is 21.2 Å². The van der Waals surface area contributed by atoms with Gasteiger partial charge in [-0.2, -0.15) is 9.29 Å². The zero-order valence-corrected chi connectivity index (χ0v) is 22.6. The Labute approximate surface area is 226 Å². The van der Waals surface area contributed by atoms with Crippen LogP contribution in [0, 0.1) is 0 Å². The minimum Gasteiger partial charge on any atom is -0.329 e. The van der Waals surface area contributed by atoms with Crippen LogP contribution in [0.5, 0.6) is 0 Å². The van der Waals surface area contributed by atoms with Crippen LogP contribution in [-0.2, 0) is 10.0 Å². The average molecular weight is 548 g/mol. The molecule has 0 atom stereocenters. The van der Waals surface area contributed by atoms with Crippen molar-refractivity contribution < 1.29 is 8.42 Å². The van der Waals surface area contributed by atoms with Crippen molar-refractivity contribution in [1.82, 2.24) is 28.8 Å². The van der Waals surface area contributed by atoms with Gasteiger partial charge >= 0.3 is 0 Å². The monoisotopic (exact) mass is 547 g/mol. The third-order valence-electron chi connectivity index (χ3n) is 7.03. The van der Waals surface area contributed by atoms with Gasteiger partial charge in [-0.3, -0.25) is 4.40 Å². The first-order valence-corrected chi connectivity index (χ1v) is 14.0. The van der Waals surface area contributed by atoms with Crippen molar-refractivity contribution in [1.29, 1.82) is 0 Å². The minimum atomic E-state index is -3.51. The number of hydrogen-bond acceptors (Lipinski definition) is 7. The van der Waals surface area contributed by atoms with Crippen molar-refractivity contribution in [3.05, 3.63) is 78.1 Å². The molecule has 0 saturated carbocycles. The van der Waals surface area contributed by atoms with E-state index in [4.69, 9.17) is 16.6 Å². The summed E-state index contributed by atoms with van der Waals surface area (Å²) in [6.45, 7) is 2.48. The van der Waals surface area contributed by atoms with Gasteiger partial charge in [0.25, 0.3) is 5.78 Å². The first kappa shape index (κ1) is 24.7. The normalized spacial score (nSPS) is 15.3. The van der Waals surface area contributed by atoms with E-state index >= 15 is 0 Å². The Morgan fingerprint density at radius 2 is 1.68 bits per heavy atom. The number of likely N-dealkylation sites (N-methyl/N-ethyl adjacent to an activating group) is 1. The van der Waals surface area contributed by atoms with Crippen molar-refractivity contribution in [3.8, 4) is 11.1 Å². The molecule has 0 bridgehead atoms. The number of benzene rings is 3. The smallest absolute Gasteiger partial charge is 0.257 e. The highest BCUT2D eigenvalue weighted by molar-refractivity contribution is 7.89. The van der Waals surface area contributed by atoms with Crippen LogP contribution in [0.25, 0.3) is 27.8 Å². The van der Waals surface area contributed by atoms with Gasteiger partial charge in [0.1, 0.15) is 12.1 Å². The quantitative estimate of drug-likeness (QED) is 0.324. The summed E-state index contributed by atoms with van der Waals surface area (Å²) in [7, 11) is 0.447. The SMILES string of the molecule is CN1CCN(S(=O)(=O)c2ccc(-c3cccc(N(C)c4nc5nncn5c5cc(Cl)ccc45)c3)cc2)CC1. The molecular weight excluding hydrogens is 522 g/mol. The summed E-state index contributed by atoms with van der Waals surface area (Å²) >= 11 is 6.28. The lowest BCUT2D eigenvalue weighted by molar-refractivity contribution is 0.222. The van der Waals surface area contributed by atoms with Gasteiger partial charge < -0.3 is 9.80 Å². The van der Waals surface area contributed by atoms with Crippen molar-refractivity contribution in [2.24, 2.45) is 0 Å². The minimum absolute atomic E-state index is 0.315. The van der Waals surface area contributed by atoms with Gasteiger partial charge in [0.2, 0.25) is 10.0 Å². The number of piperazine rings is 1. The van der Waals surface area contributed by atoms with Crippen LogP contribution in [0.2, 0.25) is 5.02 Å². The lowest BCUT2D eigenvalue weighted by atomic mass is 10.0. The number of hydrogen-bond donors (Lipinski definition) is 0. The zero-order chi connectivity index (χ0) is 26.4. The molecule has 9 nitrogen and oxygen atoms in total. The fourth-order valence-electron chi connectivity index (χ4n) is 4.79. The largest absolute Gasteiger partial charge is 0.329 e. The van der Waals surface area contributed by atoms with Crippen LogP contribution < -0.4 is 4.90 Å². The van der Waals surface area contributed by atoms with Gasteiger partial charge in [0.15, 0.2) is 0 Å². The molecule has 1 fully saturated rings. The molecule has 0 amide bonds. The van der Waals surface area contributed by atoms with E-state index in [9.17, 15) is 8.42 Å². The second kappa shape index (κ2) is 9.63. The van der Waals surface area contributed by atoms with E-state index in [1.165, 1.54) is 0 Å². The Morgan fingerprint density at radius 3 is 2.45 bits per heavy atom. The molecule has 3 aromatic carbocycles. The fourth-order valence-corrected chi connectivity index (χ4v) is 6.38. The molecule has 1 aliphatic heterocycles. The standard InChI is InChI=1S/C27H26ClN7O2S/c1-32-12-14-34(15-13-32)38(36,37)23-9-6-19(7-10-23)20-4-3-5-22(16-20)33(2)26-24-11-8-21(28)17-25(24)35-18-29-31-27(35)30-26/h3-11,16-18H,12-15H2,1-2H3. The van der Waals surface area contributed by atoms with E-state index in [1.54, 1.807) is 22.8 Å². The van der Waals surface area contributed by atoms with Gasteiger partial charge in [-0.1, -0.05) is 35.9 Å². The highest BCUT2D eigenvalue weighted by Gasteiger charge is 2.27. The first-order valence-electron chi connectivity index (χ1n) is 12.2. The Hall–Kier alpha value is -3.57. The number of halogens is 1. The molecule has 38 heavy (non-hydrogen) atoms. The van der Waals surface area contributed by atoms with Crippen molar-refractivity contribution >= 4 is 49.8 Å². The molecule has 2 aromatic heterocycles. The predicted octanol–water partition coefficient (Wildman–Crippen LogP) is 4.30. The van der Waals surface area contributed by atoms with Gasteiger partial charge in [-0.25, -0.2) is 8.42 Å². The molecule has 1 aliphatic rings. The molecule has 194 valence electrons. The maximum atomic E-state index is 13.1. The van der Waals surface area contributed by atoms with Crippen LogP contribution in [0.4, 0.5) is 11.5 Å². The maximum absolute atomic E-state index is 13.1. The molecule has 5 aromatic rings. The highest BCUT2D eigenvalue weighted by atomic mass is 35.5. The molecule has 0 spiro atoms. The van der Waals surface area contributed by atoms with Crippen LogP contribution in [0.15, 0.2) is 78.0 Å². The van der Waals surface area contributed by atoms with Crippen LogP contribution in [-0.4, -0.2) is 77.5 Å². The molecular formula is C27H26ClN7O2S. The van der Waals surface area contributed by atoms with Gasteiger partial charge in [0, 0.05) is 49.3 Å². The van der Waals surface area contributed by atoms with Crippen LogP contribution >= 0.6 is 11.6 Å². The third kappa shape index (κ3) is 4.39. The number of sulfonamides is 1. The Morgan fingerprint density at radius 1 is 0.921 bits per heavy atom. The van der Waals surface area contributed by atoms with Gasteiger partial charge in [-0.05, 0) is 60.6 Å². The molecule has 1 saturated heterocycles. The Bertz CT molecular complexity index is 1750. The Kier molecular flexibility index (Phi) is 6.27. The summed E-state index contributed by atoms with van der Waals surface area (Å²) < 4.78 is 29.6. The molecule has 0 N–H and O–H groups in total. The lowest BCUT2D eigenvalue weighted by Gasteiger charge is -2.31. The number of fused-ring (bicyclic) bond motifs is 3. The number of rotatable bonds is 5. The summed E-state index contributed by atoms with van der Waals surface area (Å²) in [4.78, 5) is 9.21. The molecule has 0 radical (unpaired) electrons. The zero-order valence-electron chi connectivity index (χ0n) is 21.0. The number of anilines is 2. The van der Waals surface area contributed by atoms with E-state index in [-0.39, 0.29) is 0 Å².